The lowest BCUT2D eigenvalue weighted by atomic mass is 10.1. The van der Waals surface area contributed by atoms with E-state index in [9.17, 15) is 4.79 Å². The summed E-state index contributed by atoms with van der Waals surface area (Å²) in [7, 11) is 0. The molecular weight excluding hydrogens is 352 g/mol. The lowest BCUT2D eigenvalue weighted by Gasteiger charge is -2.15. The minimum atomic E-state index is -0.0240. The molecule has 0 aliphatic rings. The predicted molar refractivity (Wildman–Crippen MR) is 108 cm³/mol. The Morgan fingerprint density at radius 2 is 1.79 bits per heavy atom. The van der Waals surface area contributed by atoms with Crippen LogP contribution in [-0.2, 0) is 24.3 Å². The molecular formula is C21H29N6O+. The molecule has 3 rings (SSSR count). The van der Waals surface area contributed by atoms with Gasteiger partial charge < -0.3 is 10.2 Å². The largest absolute Gasteiger partial charge is 0.352 e. The number of fused-ring (bicyclic) bond motifs is 1. The second-order valence-electron chi connectivity index (χ2n) is 7.14. The molecule has 0 aliphatic carbocycles. The zero-order valence-corrected chi connectivity index (χ0v) is 17.1. The van der Waals surface area contributed by atoms with Gasteiger partial charge in [0.05, 0.1) is 19.5 Å². The van der Waals surface area contributed by atoms with E-state index in [-0.39, 0.29) is 12.3 Å². The maximum absolute atomic E-state index is 12.5. The standard InChI is InChI=1S/C21H28N6O/c1-5-26(6-2)13-18-9-7-17(8-10-18)12-22-20(28)11-19-15(3)25-21-23-14-24-27(21)16(19)4/h7-10,14H,5-6,11-13H2,1-4H3,(H,22,28)/p+1. The normalized spacial score (nSPS) is 11.3. The van der Waals surface area contributed by atoms with E-state index in [4.69, 9.17) is 0 Å². The van der Waals surface area contributed by atoms with Crippen molar-refractivity contribution in [1.82, 2.24) is 24.9 Å². The van der Waals surface area contributed by atoms with Gasteiger partial charge >= 0.3 is 0 Å². The Morgan fingerprint density at radius 3 is 2.46 bits per heavy atom. The van der Waals surface area contributed by atoms with Gasteiger partial charge in [-0.1, -0.05) is 24.3 Å². The Balaban J connectivity index is 1.59. The molecule has 148 valence electrons. The summed E-state index contributed by atoms with van der Waals surface area (Å²) in [5, 5.41) is 7.18. The molecule has 3 aromatic rings. The van der Waals surface area contributed by atoms with Crippen LogP contribution in [0.2, 0.25) is 0 Å². The minimum absolute atomic E-state index is 0.0240. The van der Waals surface area contributed by atoms with Gasteiger partial charge in [0.1, 0.15) is 12.9 Å². The Bertz CT molecular complexity index is 943. The Kier molecular flexibility index (Phi) is 6.36. The highest BCUT2D eigenvalue weighted by atomic mass is 16.1. The van der Waals surface area contributed by atoms with Crippen LogP contribution in [0.15, 0.2) is 30.6 Å². The van der Waals surface area contributed by atoms with Crippen molar-refractivity contribution in [1.29, 1.82) is 0 Å². The quantitative estimate of drug-likeness (QED) is 0.611. The molecule has 0 bridgehead atoms. The van der Waals surface area contributed by atoms with Gasteiger partial charge in [0.15, 0.2) is 0 Å². The number of benzene rings is 1. The Labute approximate surface area is 165 Å². The highest BCUT2D eigenvalue weighted by Gasteiger charge is 2.14. The molecule has 2 heterocycles. The Hall–Kier alpha value is -2.80. The van der Waals surface area contributed by atoms with Crippen LogP contribution < -0.4 is 10.2 Å². The molecule has 28 heavy (non-hydrogen) atoms. The van der Waals surface area contributed by atoms with Crippen molar-refractivity contribution in [3.63, 3.8) is 0 Å². The average Bonchev–Trinajstić information content (AvgIpc) is 3.17. The summed E-state index contributed by atoms with van der Waals surface area (Å²) in [5.41, 5.74) is 5.04. The van der Waals surface area contributed by atoms with Crippen molar-refractivity contribution >= 4 is 11.7 Å². The number of rotatable bonds is 8. The number of quaternary nitrogens is 1. The fraction of sp³-hybridized carbons (Fsp3) is 0.429. The van der Waals surface area contributed by atoms with Crippen molar-refractivity contribution in [2.24, 2.45) is 0 Å². The van der Waals surface area contributed by atoms with Crippen LogP contribution >= 0.6 is 0 Å². The van der Waals surface area contributed by atoms with Crippen LogP contribution in [-0.4, -0.2) is 38.6 Å². The van der Waals surface area contributed by atoms with Crippen molar-refractivity contribution in [2.45, 2.75) is 47.2 Å². The second kappa shape index (κ2) is 8.93. The average molecular weight is 382 g/mol. The molecule has 2 N–H and O–H groups in total. The number of carbonyl (C=O) groups is 1. The van der Waals surface area contributed by atoms with Gasteiger partial charge in [-0.2, -0.15) is 10.1 Å². The summed E-state index contributed by atoms with van der Waals surface area (Å²) in [4.78, 5) is 22.6. The number of nitrogens with one attached hydrogen (secondary N) is 2. The van der Waals surface area contributed by atoms with Crippen LogP contribution in [0.4, 0.5) is 0 Å². The van der Waals surface area contributed by atoms with Crippen molar-refractivity contribution in [3.8, 4) is 0 Å². The van der Waals surface area contributed by atoms with E-state index in [1.165, 1.54) is 11.9 Å². The number of hydrogen-bond donors (Lipinski definition) is 2. The molecule has 0 radical (unpaired) electrons. The van der Waals surface area contributed by atoms with Gasteiger partial charge in [-0.25, -0.2) is 9.50 Å². The zero-order valence-electron chi connectivity index (χ0n) is 17.1. The number of hydrogen-bond acceptors (Lipinski definition) is 4. The summed E-state index contributed by atoms with van der Waals surface area (Å²) < 4.78 is 1.67. The fourth-order valence-corrected chi connectivity index (χ4v) is 3.40. The van der Waals surface area contributed by atoms with Crippen molar-refractivity contribution in [2.75, 3.05) is 13.1 Å². The summed E-state index contributed by atoms with van der Waals surface area (Å²) in [6, 6.07) is 8.50. The van der Waals surface area contributed by atoms with Gasteiger partial charge in [0.2, 0.25) is 5.91 Å². The van der Waals surface area contributed by atoms with Crippen LogP contribution in [0.1, 0.15) is 41.9 Å². The molecule has 0 aliphatic heterocycles. The summed E-state index contributed by atoms with van der Waals surface area (Å²) in [6.45, 7) is 12.1. The van der Waals surface area contributed by atoms with Gasteiger partial charge in [-0.15, -0.1) is 0 Å². The second-order valence-corrected chi connectivity index (χ2v) is 7.14. The Morgan fingerprint density at radius 1 is 1.11 bits per heavy atom. The van der Waals surface area contributed by atoms with E-state index in [0.717, 1.165) is 42.1 Å². The molecule has 2 aromatic heterocycles. The molecule has 0 atom stereocenters. The SMILES string of the molecule is CC[NH+](CC)Cc1ccc(CNC(=O)Cc2c(C)nc3ncnn3c2C)cc1. The van der Waals surface area contributed by atoms with Gasteiger partial charge in [0.25, 0.3) is 5.78 Å². The van der Waals surface area contributed by atoms with Crippen LogP contribution in [0.25, 0.3) is 5.78 Å². The fourth-order valence-electron chi connectivity index (χ4n) is 3.40. The van der Waals surface area contributed by atoms with Crippen molar-refractivity contribution < 1.29 is 9.69 Å². The molecule has 0 fully saturated rings. The molecule has 0 unspecified atom stereocenters. The van der Waals surface area contributed by atoms with E-state index in [1.807, 2.05) is 13.8 Å². The first-order valence-corrected chi connectivity index (χ1v) is 9.85. The summed E-state index contributed by atoms with van der Waals surface area (Å²) in [5.74, 6) is 0.537. The smallest absolute Gasteiger partial charge is 0.252 e. The molecule has 1 amide bonds. The molecule has 0 saturated carbocycles. The topological polar surface area (TPSA) is 76.6 Å². The van der Waals surface area contributed by atoms with E-state index in [0.29, 0.717) is 12.3 Å². The number of nitrogens with zero attached hydrogens (tertiary/aromatic N) is 4. The van der Waals surface area contributed by atoms with Crippen LogP contribution in [0, 0.1) is 13.8 Å². The third kappa shape index (κ3) is 4.54. The van der Waals surface area contributed by atoms with Crippen LogP contribution in [0.5, 0.6) is 0 Å². The lowest BCUT2D eigenvalue weighted by molar-refractivity contribution is -0.910. The summed E-state index contributed by atoms with van der Waals surface area (Å²) in [6.07, 6.45) is 1.76. The zero-order chi connectivity index (χ0) is 20.1. The first-order valence-electron chi connectivity index (χ1n) is 9.85. The number of aryl methyl sites for hydroxylation is 2. The lowest BCUT2D eigenvalue weighted by Crippen LogP contribution is -3.10. The maximum atomic E-state index is 12.5. The maximum Gasteiger partial charge on any atom is 0.252 e. The van der Waals surface area contributed by atoms with Gasteiger partial charge in [-0.05, 0) is 33.3 Å². The summed E-state index contributed by atoms with van der Waals surface area (Å²) >= 11 is 0. The van der Waals surface area contributed by atoms with Crippen molar-refractivity contribution in [3.05, 3.63) is 58.7 Å². The highest BCUT2D eigenvalue weighted by Crippen LogP contribution is 2.13. The third-order valence-corrected chi connectivity index (χ3v) is 5.29. The first kappa shape index (κ1) is 19.9. The van der Waals surface area contributed by atoms with E-state index >= 15 is 0 Å². The first-order chi connectivity index (χ1) is 13.5. The minimum Gasteiger partial charge on any atom is -0.352 e. The number of amides is 1. The van der Waals surface area contributed by atoms with Crippen LogP contribution in [0.3, 0.4) is 0 Å². The monoisotopic (exact) mass is 381 g/mol. The number of carbonyl (C=O) groups excluding carboxylic acids is 1. The number of aromatic nitrogens is 4. The van der Waals surface area contributed by atoms with E-state index < -0.39 is 0 Å². The molecule has 1 aromatic carbocycles. The van der Waals surface area contributed by atoms with E-state index in [2.05, 4.69) is 58.5 Å². The molecule has 7 heteroatoms. The molecule has 0 saturated heterocycles. The van der Waals surface area contributed by atoms with Gasteiger partial charge in [-0.3, -0.25) is 4.79 Å². The third-order valence-electron chi connectivity index (χ3n) is 5.29. The molecule has 0 spiro atoms. The molecule has 7 nitrogen and oxygen atoms in total. The predicted octanol–water partition coefficient (Wildman–Crippen LogP) is 1.02. The highest BCUT2D eigenvalue weighted by molar-refractivity contribution is 5.79. The van der Waals surface area contributed by atoms with E-state index in [1.54, 1.807) is 9.42 Å². The van der Waals surface area contributed by atoms with Gasteiger partial charge in [0, 0.05) is 29.1 Å².